The second-order valence-corrected chi connectivity index (χ2v) is 15.3. The molecule has 0 aliphatic carbocycles. The number of aromatic nitrogens is 1. The van der Waals surface area contributed by atoms with E-state index in [-0.39, 0.29) is 0 Å². The van der Waals surface area contributed by atoms with Crippen LogP contribution in [0.4, 0.5) is 17.1 Å². The van der Waals surface area contributed by atoms with Crippen LogP contribution in [0.3, 0.4) is 0 Å². The van der Waals surface area contributed by atoms with E-state index in [1.54, 1.807) is 0 Å². The van der Waals surface area contributed by atoms with Gasteiger partial charge in [0.2, 0.25) is 0 Å². The van der Waals surface area contributed by atoms with E-state index in [1.807, 2.05) is 6.07 Å². The topological polar surface area (TPSA) is 21.3 Å². The molecule has 3 heteroatoms. The smallest absolute Gasteiger partial charge is 0.138 e. The first-order valence-corrected chi connectivity index (χ1v) is 20.2. The number of hydrogen-bond acceptors (Lipinski definition) is 2. The Balaban J connectivity index is 1.19. The van der Waals surface area contributed by atoms with Crippen LogP contribution in [0.2, 0.25) is 0 Å². The molecule has 0 saturated carbocycles. The highest BCUT2D eigenvalue weighted by Gasteiger charge is 2.25. The minimum atomic E-state index is 0.875. The zero-order valence-corrected chi connectivity index (χ0v) is 32.1. The van der Waals surface area contributed by atoms with Crippen molar-refractivity contribution in [2.24, 2.45) is 0 Å². The summed E-state index contributed by atoms with van der Waals surface area (Å²) in [6, 6.07) is 78.7. The molecule has 59 heavy (non-hydrogen) atoms. The summed E-state index contributed by atoms with van der Waals surface area (Å²) in [5.74, 6) is 0. The molecule has 0 unspecified atom stereocenters. The second-order valence-electron chi connectivity index (χ2n) is 15.3. The van der Waals surface area contributed by atoms with Crippen LogP contribution >= 0.6 is 0 Å². The van der Waals surface area contributed by atoms with E-state index in [1.165, 1.54) is 49.0 Å². The van der Waals surface area contributed by atoms with E-state index in [4.69, 9.17) is 4.42 Å². The van der Waals surface area contributed by atoms with Crippen molar-refractivity contribution < 1.29 is 4.42 Å². The van der Waals surface area contributed by atoms with E-state index in [0.29, 0.717) is 0 Å². The zero-order chi connectivity index (χ0) is 38.9. The van der Waals surface area contributed by atoms with Crippen molar-refractivity contribution in [2.75, 3.05) is 4.90 Å². The van der Waals surface area contributed by atoms with Gasteiger partial charge in [-0.2, -0.15) is 0 Å². The van der Waals surface area contributed by atoms with Gasteiger partial charge >= 0.3 is 0 Å². The fourth-order valence-corrected chi connectivity index (χ4v) is 9.34. The van der Waals surface area contributed by atoms with E-state index >= 15 is 0 Å². The van der Waals surface area contributed by atoms with Gasteiger partial charge in [0.1, 0.15) is 11.2 Å². The number of hydrogen-bond donors (Lipinski definition) is 0. The predicted octanol–water partition coefficient (Wildman–Crippen LogP) is 15.8. The average Bonchev–Trinajstić information content (AvgIpc) is 3.84. The van der Waals surface area contributed by atoms with Crippen molar-refractivity contribution in [2.45, 2.75) is 0 Å². The fraction of sp³-hybridized carbons (Fsp3) is 0. The molecule has 3 nitrogen and oxygen atoms in total. The molecule has 276 valence electrons. The third-order valence-electron chi connectivity index (χ3n) is 11.9. The first kappa shape index (κ1) is 33.3. The summed E-state index contributed by atoms with van der Waals surface area (Å²) in [4.78, 5) is 2.44. The molecule has 0 fully saturated rings. The number of anilines is 3. The third-order valence-corrected chi connectivity index (χ3v) is 11.9. The molecule has 2 heterocycles. The van der Waals surface area contributed by atoms with Crippen LogP contribution in [0.25, 0.3) is 93.2 Å². The molecule has 0 bridgehead atoms. The van der Waals surface area contributed by atoms with Gasteiger partial charge in [-0.3, -0.25) is 0 Å². The van der Waals surface area contributed by atoms with E-state index in [2.05, 4.69) is 222 Å². The van der Waals surface area contributed by atoms with Gasteiger partial charge < -0.3 is 13.9 Å². The third kappa shape index (κ3) is 5.29. The van der Waals surface area contributed by atoms with Crippen molar-refractivity contribution in [3.05, 3.63) is 218 Å². The lowest BCUT2D eigenvalue weighted by atomic mass is 9.94. The fourth-order valence-electron chi connectivity index (χ4n) is 9.34. The molecule has 0 radical (unpaired) electrons. The van der Waals surface area contributed by atoms with Gasteiger partial charge in [-0.1, -0.05) is 164 Å². The second kappa shape index (κ2) is 13.4. The van der Waals surface area contributed by atoms with E-state index in [0.717, 1.165) is 61.3 Å². The number of nitrogens with zero attached hydrogens (tertiary/aromatic N) is 2. The van der Waals surface area contributed by atoms with Crippen molar-refractivity contribution in [3.63, 3.8) is 0 Å². The molecule has 0 saturated heterocycles. The number of fused-ring (bicyclic) bond motifs is 9. The van der Waals surface area contributed by atoms with Gasteiger partial charge in [0.25, 0.3) is 0 Å². The highest BCUT2D eigenvalue weighted by molar-refractivity contribution is 6.27. The van der Waals surface area contributed by atoms with Gasteiger partial charge in [0, 0.05) is 55.6 Å². The number of benzene rings is 10. The minimum Gasteiger partial charge on any atom is -0.456 e. The SMILES string of the molecule is c1ccc(-c2ccc(N(c3ccc4c5c(-c6ccccc6)c6c(cc5n(-c5ccccc5)c4c3)oc3ccccc36)c3cc4ccccc4c4ccccc34)cc2)cc1. The van der Waals surface area contributed by atoms with Gasteiger partial charge in [0.05, 0.1) is 16.7 Å². The summed E-state index contributed by atoms with van der Waals surface area (Å²) in [6.07, 6.45) is 0. The molecule has 0 aliphatic heterocycles. The van der Waals surface area contributed by atoms with Crippen molar-refractivity contribution in [1.29, 1.82) is 0 Å². The largest absolute Gasteiger partial charge is 0.456 e. The number of rotatable bonds is 6. The predicted molar refractivity (Wildman–Crippen MR) is 249 cm³/mol. The Morgan fingerprint density at radius 1 is 0.356 bits per heavy atom. The Morgan fingerprint density at radius 2 is 0.949 bits per heavy atom. The van der Waals surface area contributed by atoms with Crippen molar-refractivity contribution in [1.82, 2.24) is 4.57 Å². The highest BCUT2D eigenvalue weighted by Crippen LogP contribution is 2.48. The van der Waals surface area contributed by atoms with Crippen LogP contribution in [0.5, 0.6) is 0 Å². The maximum atomic E-state index is 6.68. The van der Waals surface area contributed by atoms with Gasteiger partial charge in [-0.15, -0.1) is 0 Å². The summed E-state index contributed by atoms with van der Waals surface area (Å²) < 4.78 is 9.10. The van der Waals surface area contributed by atoms with Crippen LogP contribution in [0.15, 0.2) is 223 Å². The van der Waals surface area contributed by atoms with Gasteiger partial charge in [0.15, 0.2) is 0 Å². The first-order valence-electron chi connectivity index (χ1n) is 20.2. The molecule has 0 atom stereocenters. The van der Waals surface area contributed by atoms with Gasteiger partial charge in [-0.05, 0) is 81.4 Å². The Labute approximate surface area is 341 Å². The van der Waals surface area contributed by atoms with Crippen molar-refractivity contribution in [3.8, 4) is 27.9 Å². The first-order chi connectivity index (χ1) is 29.3. The zero-order valence-electron chi connectivity index (χ0n) is 32.1. The Bertz CT molecular complexity index is 3530. The lowest BCUT2D eigenvalue weighted by Crippen LogP contribution is -2.11. The van der Waals surface area contributed by atoms with Gasteiger partial charge in [-0.25, -0.2) is 0 Å². The molecule has 0 spiro atoms. The molecule has 2 aromatic heterocycles. The minimum absolute atomic E-state index is 0.875. The summed E-state index contributed by atoms with van der Waals surface area (Å²) >= 11 is 0. The molecule has 10 aromatic carbocycles. The Hall–Kier alpha value is -7.88. The van der Waals surface area contributed by atoms with Crippen molar-refractivity contribution >= 4 is 82.4 Å². The lowest BCUT2D eigenvalue weighted by molar-refractivity contribution is 0.669. The summed E-state index contributed by atoms with van der Waals surface area (Å²) in [5.41, 5.74) is 13.1. The molecule has 12 aromatic rings. The number of furan rings is 1. The normalized spacial score (nSPS) is 11.7. The van der Waals surface area contributed by atoms with E-state index < -0.39 is 0 Å². The molecule has 0 amide bonds. The maximum absolute atomic E-state index is 6.68. The quantitative estimate of drug-likeness (QED) is 0.158. The van der Waals surface area contributed by atoms with Crippen LogP contribution < -0.4 is 4.90 Å². The lowest BCUT2D eigenvalue weighted by Gasteiger charge is -2.28. The maximum Gasteiger partial charge on any atom is 0.138 e. The monoisotopic (exact) mass is 752 g/mol. The van der Waals surface area contributed by atoms with Crippen LogP contribution in [-0.4, -0.2) is 4.57 Å². The number of para-hydroxylation sites is 2. The molecule has 12 rings (SSSR count). The highest BCUT2D eigenvalue weighted by atomic mass is 16.3. The summed E-state index contributed by atoms with van der Waals surface area (Å²) in [6.45, 7) is 0. The molecule has 0 N–H and O–H groups in total. The Kier molecular flexibility index (Phi) is 7.54. The van der Waals surface area contributed by atoms with Crippen LogP contribution in [-0.2, 0) is 0 Å². The standard InChI is InChI=1S/C56H36N2O/c1-4-16-37(17-5-1)38-28-30-42(31-29-38)57(49-34-40-20-10-11-23-44(40)45-24-12-13-25-46(45)49)43-32-33-47-50(35-43)58(41-21-8-3-9-22-41)51-36-53-56(48-26-14-15-27-52(48)59-53)54(55(47)51)39-18-6-2-7-19-39/h1-36H. The molecule has 0 aliphatic rings. The Morgan fingerprint density at radius 3 is 1.71 bits per heavy atom. The van der Waals surface area contributed by atoms with Crippen LogP contribution in [0.1, 0.15) is 0 Å². The van der Waals surface area contributed by atoms with Crippen LogP contribution in [0, 0.1) is 0 Å². The molecular weight excluding hydrogens is 717 g/mol. The molecular formula is C56H36N2O. The summed E-state index contributed by atoms with van der Waals surface area (Å²) in [5, 5.41) is 9.52. The summed E-state index contributed by atoms with van der Waals surface area (Å²) in [7, 11) is 0. The average molecular weight is 753 g/mol. The van der Waals surface area contributed by atoms with E-state index in [9.17, 15) is 0 Å².